The zero-order valence-corrected chi connectivity index (χ0v) is 15.0. The van der Waals surface area contributed by atoms with E-state index >= 15 is 0 Å². The van der Waals surface area contributed by atoms with E-state index in [1.165, 1.54) is 0 Å². The summed E-state index contributed by atoms with van der Waals surface area (Å²) in [6.45, 7) is 3.26. The summed E-state index contributed by atoms with van der Waals surface area (Å²) >= 11 is 0. The molecule has 2 fully saturated rings. The fourth-order valence-corrected chi connectivity index (χ4v) is 4.04. The number of pyridine rings is 1. The fraction of sp³-hybridized carbons (Fsp3) is 0.381. The molecule has 0 radical (unpaired) electrons. The molecule has 0 N–H and O–H groups in total. The number of carbonyl (C=O) groups excluding carboxylic acids is 2. The standard InChI is InChI=1S/C21H23N3O2/c1-15-4-6-18(7-5-15)24-14-17(13-20(24)25)21(26)23-12-2-3-19(23)16-8-10-22-11-9-16/h4-11,17,19H,2-3,12-14H2,1H3/t17-,19-/m0/s1. The first-order chi connectivity index (χ1) is 12.6. The van der Waals surface area contributed by atoms with Gasteiger partial charge in [-0.3, -0.25) is 14.6 Å². The first kappa shape index (κ1) is 16.8. The molecule has 2 aromatic rings. The third kappa shape index (κ3) is 3.09. The molecule has 2 saturated heterocycles. The van der Waals surface area contributed by atoms with Gasteiger partial charge in [0.2, 0.25) is 11.8 Å². The van der Waals surface area contributed by atoms with Crippen LogP contribution in [0.15, 0.2) is 48.8 Å². The van der Waals surface area contributed by atoms with Crippen LogP contribution in [0.25, 0.3) is 0 Å². The Morgan fingerprint density at radius 1 is 1.12 bits per heavy atom. The second kappa shape index (κ2) is 6.90. The smallest absolute Gasteiger partial charge is 0.228 e. The van der Waals surface area contributed by atoms with E-state index in [1.807, 2.05) is 48.2 Å². The van der Waals surface area contributed by atoms with Crippen molar-refractivity contribution in [1.82, 2.24) is 9.88 Å². The van der Waals surface area contributed by atoms with Crippen LogP contribution in [0.2, 0.25) is 0 Å². The van der Waals surface area contributed by atoms with Gasteiger partial charge in [0.15, 0.2) is 0 Å². The van der Waals surface area contributed by atoms with Crippen LogP contribution in [0, 0.1) is 12.8 Å². The van der Waals surface area contributed by atoms with Crippen molar-refractivity contribution < 1.29 is 9.59 Å². The molecular weight excluding hydrogens is 326 g/mol. The SMILES string of the molecule is Cc1ccc(N2C[C@@H](C(=O)N3CCC[C@H]3c3ccncc3)CC2=O)cc1. The summed E-state index contributed by atoms with van der Waals surface area (Å²) in [5, 5.41) is 0. The topological polar surface area (TPSA) is 53.5 Å². The molecule has 5 heteroatoms. The van der Waals surface area contributed by atoms with Crippen LogP contribution >= 0.6 is 0 Å². The van der Waals surface area contributed by atoms with Gasteiger partial charge in [-0.2, -0.15) is 0 Å². The number of amides is 2. The van der Waals surface area contributed by atoms with Gasteiger partial charge in [0.05, 0.1) is 12.0 Å². The number of hydrogen-bond acceptors (Lipinski definition) is 3. The van der Waals surface area contributed by atoms with Gasteiger partial charge in [-0.05, 0) is 49.6 Å². The maximum atomic E-state index is 13.1. The van der Waals surface area contributed by atoms with Gasteiger partial charge in [0.1, 0.15) is 0 Å². The van der Waals surface area contributed by atoms with E-state index in [0.29, 0.717) is 13.0 Å². The number of aryl methyl sites for hydroxylation is 1. The summed E-state index contributed by atoms with van der Waals surface area (Å²) in [5.74, 6) is -0.120. The Labute approximate surface area is 153 Å². The van der Waals surface area contributed by atoms with Crippen LogP contribution in [0.3, 0.4) is 0 Å². The minimum absolute atomic E-state index is 0.0341. The van der Waals surface area contributed by atoms with E-state index in [9.17, 15) is 9.59 Å². The molecule has 2 amide bonds. The van der Waals surface area contributed by atoms with Crippen LogP contribution in [0.1, 0.15) is 36.4 Å². The maximum Gasteiger partial charge on any atom is 0.228 e. The highest BCUT2D eigenvalue weighted by atomic mass is 16.2. The first-order valence-corrected chi connectivity index (χ1v) is 9.21. The van der Waals surface area contributed by atoms with E-state index in [2.05, 4.69) is 4.98 Å². The molecule has 4 rings (SSSR count). The number of rotatable bonds is 3. The van der Waals surface area contributed by atoms with Gasteiger partial charge in [-0.1, -0.05) is 17.7 Å². The lowest BCUT2D eigenvalue weighted by molar-refractivity contribution is -0.136. The molecule has 0 unspecified atom stereocenters. The molecule has 3 heterocycles. The van der Waals surface area contributed by atoms with Crippen LogP contribution in [0.4, 0.5) is 5.69 Å². The summed E-state index contributed by atoms with van der Waals surface area (Å²) in [7, 11) is 0. The molecule has 0 saturated carbocycles. The van der Waals surface area contributed by atoms with Crippen molar-refractivity contribution in [2.24, 2.45) is 5.92 Å². The number of anilines is 1. The highest BCUT2D eigenvalue weighted by Crippen LogP contribution is 2.35. The minimum atomic E-state index is -0.258. The average molecular weight is 349 g/mol. The minimum Gasteiger partial charge on any atom is -0.335 e. The molecule has 1 aromatic heterocycles. The molecular formula is C21H23N3O2. The van der Waals surface area contributed by atoms with Crippen molar-refractivity contribution in [3.8, 4) is 0 Å². The predicted molar refractivity (Wildman–Crippen MR) is 99.6 cm³/mol. The van der Waals surface area contributed by atoms with E-state index in [4.69, 9.17) is 0 Å². The Balaban J connectivity index is 1.50. The maximum absolute atomic E-state index is 13.1. The summed E-state index contributed by atoms with van der Waals surface area (Å²) < 4.78 is 0. The third-order valence-electron chi connectivity index (χ3n) is 5.45. The second-order valence-corrected chi connectivity index (χ2v) is 7.21. The van der Waals surface area contributed by atoms with Gasteiger partial charge < -0.3 is 9.80 Å². The number of likely N-dealkylation sites (tertiary alicyclic amines) is 1. The van der Waals surface area contributed by atoms with Gasteiger partial charge in [-0.15, -0.1) is 0 Å². The molecule has 0 bridgehead atoms. The van der Waals surface area contributed by atoms with Crippen molar-refractivity contribution in [2.45, 2.75) is 32.2 Å². The van der Waals surface area contributed by atoms with Crippen molar-refractivity contribution in [3.05, 3.63) is 59.9 Å². The second-order valence-electron chi connectivity index (χ2n) is 7.21. The van der Waals surface area contributed by atoms with Crippen LogP contribution < -0.4 is 4.90 Å². The van der Waals surface area contributed by atoms with Crippen molar-refractivity contribution >= 4 is 17.5 Å². The largest absolute Gasteiger partial charge is 0.335 e. The Bertz CT molecular complexity index is 804. The van der Waals surface area contributed by atoms with Crippen LogP contribution in [-0.2, 0) is 9.59 Å². The molecule has 2 aliphatic heterocycles. The lowest BCUT2D eigenvalue weighted by Gasteiger charge is -2.27. The molecule has 5 nitrogen and oxygen atoms in total. The quantitative estimate of drug-likeness (QED) is 0.855. The molecule has 2 aliphatic rings. The van der Waals surface area contributed by atoms with Crippen LogP contribution in [0.5, 0.6) is 0 Å². The number of nitrogens with zero attached hydrogens (tertiary/aromatic N) is 3. The van der Waals surface area contributed by atoms with Crippen molar-refractivity contribution in [2.75, 3.05) is 18.0 Å². The average Bonchev–Trinajstić information content (AvgIpc) is 3.30. The fourth-order valence-electron chi connectivity index (χ4n) is 4.04. The normalized spacial score (nSPS) is 22.9. The van der Waals surface area contributed by atoms with Gasteiger partial charge in [0.25, 0.3) is 0 Å². The van der Waals surface area contributed by atoms with Gasteiger partial charge in [-0.25, -0.2) is 0 Å². The Hall–Kier alpha value is -2.69. The number of aromatic nitrogens is 1. The summed E-state index contributed by atoms with van der Waals surface area (Å²) in [6, 6.07) is 12.0. The number of hydrogen-bond donors (Lipinski definition) is 0. The highest BCUT2D eigenvalue weighted by molar-refractivity contribution is 6.00. The summed E-state index contributed by atoms with van der Waals surface area (Å²) in [6.07, 6.45) is 5.81. The Morgan fingerprint density at radius 2 is 1.85 bits per heavy atom. The van der Waals surface area contributed by atoms with Crippen LogP contribution in [-0.4, -0.2) is 34.8 Å². The molecule has 0 spiro atoms. The van der Waals surface area contributed by atoms with Crippen molar-refractivity contribution in [3.63, 3.8) is 0 Å². The van der Waals surface area contributed by atoms with Gasteiger partial charge >= 0.3 is 0 Å². The molecule has 0 aliphatic carbocycles. The summed E-state index contributed by atoms with van der Waals surface area (Å²) in [4.78, 5) is 33.4. The van der Waals surface area contributed by atoms with Gasteiger partial charge in [0, 0.05) is 37.6 Å². The lowest BCUT2D eigenvalue weighted by atomic mass is 10.0. The first-order valence-electron chi connectivity index (χ1n) is 9.21. The van der Waals surface area contributed by atoms with E-state index in [0.717, 1.165) is 36.2 Å². The predicted octanol–water partition coefficient (Wildman–Crippen LogP) is 3.11. The Kier molecular flexibility index (Phi) is 4.45. The zero-order chi connectivity index (χ0) is 18.1. The lowest BCUT2D eigenvalue weighted by Crippen LogP contribution is -2.37. The monoisotopic (exact) mass is 349 g/mol. The molecule has 26 heavy (non-hydrogen) atoms. The van der Waals surface area contributed by atoms with E-state index in [-0.39, 0.29) is 23.8 Å². The zero-order valence-electron chi connectivity index (χ0n) is 15.0. The van der Waals surface area contributed by atoms with Crippen molar-refractivity contribution in [1.29, 1.82) is 0 Å². The molecule has 1 aromatic carbocycles. The number of benzene rings is 1. The third-order valence-corrected chi connectivity index (χ3v) is 5.45. The Morgan fingerprint density at radius 3 is 2.58 bits per heavy atom. The number of carbonyl (C=O) groups is 2. The molecule has 134 valence electrons. The van der Waals surface area contributed by atoms with E-state index < -0.39 is 0 Å². The molecule has 2 atom stereocenters. The highest BCUT2D eigenvalue weighted by Gasteiger charge is 2.40. The summed E-state index contributed by atoms with van der Waals surface area (Å²) in [5.41, 5.74) is 3.17. The van der Waals surface area contributed by atoms with E-state index in [1.54, 1.807) is 17.3 Å².